The van der Waals surface area contributed by atoms with Gasteiger partial charge in [-0.05, 0) is 127 Å². The van der Waals surface area contributed by atoms with Gasteiger partial charge in [0.1, 0.15) is 11.4 Å². The van der Waals surface area contributed by atoms with Crippen LogP contribution in [0.5, 0.6) is 0 Å². The second-order valence-electron chi connectivity index (χ2n) is 24.8. The fourth-order valence-electron chi connectivity index (χ4n) is 11.8. The number of ketones is 1. The smallest absolute Gasteiger partial charge is 0.429 e. The number of aliphatic hydroxyl groups is 1. The van der Waals surface area contributed by atoms with Crippen LogP contribution in [0.4, 0.5) is 44.7 Å². The van der Waals surface area contributed by atoms with E-state index in [0.29, 0.717) is 5.69 Å². The van der Waals surface area contributed by atoms with Gasteiger partial charge >= 0.3 is 6.18 Å². The Morgan fingerprint density at radius 3 is 1.90 bits per heavy atom. The van der Waals surface area contributed by atoms with Crippen molar-refractivity contribution in [1.82, 2.24) is 44.8 Å². The molecular weight excluding hydrogens is 2320 g/mol. The van der Waals surface area contributed by atoms with Gasteiger partial charge in [0.05, 0.1) is 11.5 Å². The maximum Gasteiger partial charge on any atom is 0.429 e. The van der Waals surface area contributed by atoms with E-state index >= 15 is 0 Å². The van der Waals surface area contributed by atoms with Crippen LogP contribution >= 0.6 is 0 Å². The summed E-state index contributed by atoms with van der Waals surface area (Å²) in [6.07, 6.45) is 9.23. The Hall–Kier alpha value is -10.1. The topological polar surface area (TPSA) is 160 Å². The van der Waals surface area contributed by atoms with E-state index in [4.69, 9.17) is 9.52 Å². The third kappa shape index (κ3) is 22.2. The molecule has 15 nitrogen and oxygen atoms in total. The zero-order valence-electron chi connectivity index (χ0n) is 60.4. The summed E-state index contributed by atoms with van der Waals surface area (Å²) >= 11 is 0. The van der Waals surface area contributed by atoms with Gasteiger partial charge in [-0.15, -0.1) is 70.9 Å². The zero-order valence-corrected chi connectivity index (χ0v) is 72.4. The number of rotatable bonds is 7. The van der Waals surface area contributed by atoms with Crippen molar-refractivity contribution in [3.05, 3.63) is 358 Å². The molecule has 9 aromatic carbocycles. The number of halogens is 5. The molecule has 1 aliphatic carbocycles. The second-order valence-corrected chi connectivity index (χ2v) is 24.8. The number of aromatic nitrogens is 8. The summed E-state index contributed by atoms with van der Waals surface area (Å²) in [6.45, 7) is 11.5. The molecule has 0 unspecified atom stereocenters. The standard InChI is InChI=1S/C18H15N2.C16H12N2O.C15H10N.C14H12N2.C11H6F2N.C8H4F3N4.C5H8O2.5Ir/c1-18(2)16-7-4-3-6-14(16)15-9-8-13(12-17(15)18)20-11-5-10-19-20;1-17-9-10-18(11-17)14-7-4-6-13-12-5-2-3-8-15(12)19-16(13)14;1-2-6-12(7-3-1)15-10-13-8-4-5-9-14(13)11-16-15;1-15-11-16(12-7-3-2-4-8-12)14-10-6-5-9-13(14)15;12-8-4-5-9(10(13)7-8)11-3-1-2-6-14-11;9-8(10,11)7-13-6(14-15-7)5-3-1-2-4-12-5;1-4(6)3-5(2)7;;;;;/h3-7,9-12H,1-2H3;2-6,8-11H,1H3;1-6,8-11H;2-7,9-11H,1H3;1-4,6-7H;1-4H;3,6H,1-2H3;;;;;/q-1;-2;-1;-2;2*-1;;;;;;. The first-order chi connectivity index (χ1) is 51.8. The number of anilines is 4. The van der Waals surface area contributed by atoms with E-state index in [-0.39, 0.29) is 135 Å². The van der Waals surface area contributed by atoms with Crippen LogP contribution in [-0.4, -0.2) is 64.7 Å². The number of benzene rings is 9. The Morgan fingerprint density at radius 1 is 0.598 bits per heavy atom. The third-order valence-corrected chi connectivity index (χ3v) is 16.8. The molecule has 112 heavy (non-hydrogen) atoms. The molecule has 6 aromatic heterocycles. The SMILES string of the molecule is CC(=O)C=C(C)O.CC1(C)c2ccccc2-c2c[c-]c(-n3cccn3)cc21.CN1C=CN(c2[c-]ccc3c2oc2ccccc23)[CH-]1.CN1[CH-]N(c2[c-]cccc2)c2ccccc21.FC(F)(F)c1n[n-]c(-c2ccccn2)n1.Fc1c[c-]c(-c2ccccn2)c(F)c1.[Ir].[Ir].[Ir].[Ir].[Ir].[c-]1ccccc1-c1cc2ccccc2cn1. The Morgan fingerprint density at radius 2 is 1.27 bits per heavy atom. The number of pyridine rings is 3. The van der Waals surface area contributed by atoms with E-state index in [0.717, 1.165) is 62.4 Å². The van der Waals surface area contributed by atoms with Crippen molar-refractivity contribution in [2.24, 2.45) is 0 Å². The molecule has 0 amide bonds. The minimum atomic E-state index is -4.57. The maximum atomic E-state index is 13.2. The predicted molar refractivity (Wildman–Crippen MR) is 408 cm³/mol. The van der Waals surface area contributed by atoms with Crippen molar-refractivity contribution >= 4 is 61.2 Å². The van der Waals surface area contributed by atoms with Gasteiger partial charge in [-0.2, -0.15) is 92.3 Å². The number of furan rings is 1. The van der Waals surface area contributed by atoms with E-state index < -0.39 is 23.6 Å². The van der Waals surface area contributed by atoms with E-state index in [1.165, 1.54) is 76.6 Å². The number of carbonyl (C=O) groups excluding carboxylic acids is 1. The van der Waals surface area contributed by atoms with Gasteiger partial charge in [-0.3, -0.25) is 28.3 Å². The van der Waals surface area contributed by atoms with Crippen LogP contribution in [0.25, 0.3) is 83.6 Å². The first-order valence-corrected chi connectivity index (χ1v) is 33.6. The number of hydrogen-bond donors (Lipinski definition) is 1. The zero-order chi connectivity index (χ0) is 75.0. The largest absolute Gasteiger partial charge is 0.514 e. The van der Waals surface area contributed by atoms with Gasteiger partial charge in [0.15, 0.2) is 5.78 Å². The number of allylic oxidation sites excluding steroid dienone is 2. The molecule has 0 fully saturated rings. The number of para-hydroxylation sites is 4. The molecule has 5 radical (unpaired) electrons. The fraction of sp³-hybridized carbons (Fsp3) is 0.0920. The van der Waals surface area contributed by atoms with Gasteiger partial charge in [0.2, 0.25) is 0 Å². The molecule has 18 rings (SSSR count). The van der Waals surface area contributed by atoms with Gasteiger partial charge in [-0.25, -0.2) is 0 Å². The van der Waals surface area contributed by atoms with Crippen LogP contribution < -0.4 is 19.8 Å². The summed E-state index contributed by atoms with van der Waals surface area (Å²) in [4.78, 5) is 33.7. The molecule has 8 heterocycles. The van der Waals surface area contributed by atoms with Crippen LogP contribution in [0.15, 0.2) is 290 Å². The van der Waals surface area contributed by atoms with Crippen molar-refractivity contribution < 1.29 is 137 Å². The van der Waals surface area contributed by atoms with E-state index in [2.05, 4.69) is 194 Å². The molecule has 0 spiro atoms. The normalized spacial score (nSPS) is 12.3. The van der Waals surface area contributed by atoms with Crippen LogP contribution in [-0.2, 0) is 117 Å². The molecule has 3 aliphatic rings. The number of alkyl halides is 3. The van der Waals surface area contributed by atoms with Crippen molar-refractivity contribution in [3.8, 4) is 50.8 Å². The number of nitrogens with zero attached hydrogens (tertiary/aromatic N) is 12. The molecule has 581 valence electrons. The molecule has 0 bridgehead atoms. The minimum Gasteiger partial charge on any atom is -0.514 e. The predicted octanol–water partition coefficient (Wildman–Crippen LogP) is 20.0. The Labute approximate surface area is 713 Å². The van der Waals surface area contributed by atoms with E-state index in [1.807, 2.05) is 144 Å². The van der Waals surface area contributed by atoms with Gasteiger partial charge in [0.25, 0.3) is 0 Å². The van der Waals surface area contributed by atoms with Crippen LogP contribution in [0.2, 0.25) is 0 Å². The quantitative estimate of drug-likeness (QED) is 0.0695. The van der Waals surface area contributed by atoms with Crippen LogP contribution in [0.3, 0.4) is 0 Å². The van der Waals surface area contributed by atoms with Crippen molar-refractivity contribution in [2.75, 3.05) is 28.8 Å². The number of hydrogen-bond acceptors (Lipinski definition) is 13. The fourth-order valence-corrected chi connectivity index (χ4v) is 11.8. The summed E-state index contributed by atoms with van der Waals surface area (Å²) < 4.78 is 70.0. The molecule has 1 N–H and O–H groups in total. The molecule has 25 heteroatoms. The van der Waals surface area contributed by atoms with Crippen LogP contribution in [0.1, 0.15) is 44.6 Å². The summed E-state index contributed by atoms with van der Waals surface area (Å²) in [5.74, 6) is -2.72. The van der Waals surface area contributed by atoms with E-state index in [9.17, 15) is 26.7 Å². The Balaban J connectivity index is 0.000000182. The number of aliphatic hydroxyl groups excluding tert-OH is 1. The number of carbonyl (C=O) groups is 1. The molecule has 0 saturated heterocycles. The second kappa shape index (κ2) is 41.4. The van der Waals surface area contributed by atoms with E-state index in [1.54, 1.807) is 42.7 Å². The van der Waals surface area contributed by atoms with Gasteiger partial charge < -0.3 is 49.2 Å². The first kappa shape index (κ1) is 89.1. The molecule has 2 aliphatic heterocycles. The summed E-state index contributed by atoms with van der Waals surface area (Å²) in [6, 6.07) is 88.9. The maximum absolute atomic E-state index is 13.2. The van der Waals surface area contributed by atoms with Gasteiger partial charge in [-0.1, -0.05) is 145 Å². The molecule has 15 aromatic rings. The molecule has 0 atom stereocenters. The average Bonchev–Trinajstić information content (AvgIpc) is 1.66. The van der Waals surface area contributed by atoms with Crippen LogP contribution in [0, 0.1) is 55.3 Å². The first-order valence-electron chi connectivity index (χ1n) is 33.6. The van der Waals surface area contributed by atoms with Crippen molar-refractivity contribution in [1.29, 1.82) is 0 Å². The Kier molecular flexibility index (Phi) is 33.0. The summed E-state index contributed by atoms with van der Waals surface area (Å²) in [7, 11) is 4.05. The molecular formula is C87H67F5Ir5N12O3-8. The monoisotopic (exact) mass is 2390 g/mol. The van der Waals surface area contributed by atoms with Crippen molar-refractivity contribution in [3.63, 3.8) is 0 Å². The minimum absolute atomic E-state index is 0. The van der Waals surface area contributed by atoms with Crippen molar-refractivity contribution in [2.45, 2.75) is 39.3 Å². The summed E-state index contributed by atoms with van der Waals surface area (Å²) in [5, 5.41) is 23.6. The molecule has 0 saturated carbocycles. The Bertz CT molecular complexity index is 5570. The average molecular weight is 2380 g/mol. The number of fused-ring (bicyclic) bond motifs is 8. The third-order valence-electron chi connectivity index (χ3n) is 16.8. The van der Waals surface area contributed by atoms with Gasteiger partial charge in [0, 0.05) is 172 Å². The summed E-state index contributed by atoms with van der Waals surface area (Å²) in [5.41, 5.74) is 15.5.